The third kappa shape index (κ3) is 6.50. The number of hydrogen-bond donors (Lipinski definition) is 2. The Morgan fingerprint density at radius 2 is 2.21 bits per heavy atom. The van der Waals surface area contributed by atoms with Gasteiger partial charge in [0.2, 0.25) is 5.91 Å². The second-order valence-corrected chi connectivity index (χ2v) is 8.30. The molecule has 0 aromatic carbocycles. The molecule has 1 amide bonds. The standard InChI is InChI=1S/C22H29NO4S/c1-3-4-5-7-16(2)19(24)12-9-17-10-14-21(25)23(17)15-6-8-18-11-13-20(28-18)22(26)27/h9,11-13,16-17,19,24H,3,6-8,10,14-15H2,1-2H3,(H,26,27)/b12-9+/t16?,17-,19?/m0/s1. The number of carbonyl (C=O) groups is 2. The lowest BCUT2D eigenvalue weighted by Crippen LogP contribution is -2.33. The maximum atomic E-state index is 12.2. The summed E-state index contributed by atoms with van der Waals surface area (Å²) in [5.41, 5.74) is 0. The van der Waals surface area contributed by atoms with Gasteiger partial charge in [0, 0.05) is 30.7 Å². The number of aliphatic hydroxyl groups excluding tert-OH is 1. The number of thiophene rings is 1. The van der Waals surface area contributed by atoms with Crippen molar-refractivity contribution in [1.29, 1.82) is 0 Å². The van der Waals surface area contributed by atoms with E-state index in [0.717, 1.165) is 30.6 Å². The van der Waals surface area contributed by atoms with Gasteiger partial charge in [0.1, 0.15) is 4.88 Å². The Labute approximate surface area is 171 Å². The highest BCUT2D eigenvalue weighted by atomic mass is 32.1. The zero-order valence-electron chi connectivity index (χ0n) is 16.6. The lowest BCUT2D eigenvalue weighted by atomic mass is 10.00. The third-order valence-electron chi connectivity index (χ3n) is 4.91. The van der Waals surface area contributed by atoms with E-state index in [-0.39, 0.29) is 17.9 Å². The van der Waals surface area contributed by atoms with Gasteiger partial charge >= 0.3 is 5.97 Å². The third-order valence-corrected chi connectivity index (χ3v) is 6.04. The number of likely N-dealkylation sites (tertiary alicyclic amines) is 1. The quantitative estimate of drug-likeness (QED) is 0.486. The molecule has 1 saturated heterocycles. The fraction of sp³-hybridized carbons (Fsp3) is 0.545. The van der Waals surface area contributed by atoms with Crippen LogP contribution in [-0.2, 0) is 11.2 Å². The first kappa shape index (κ1) is 22.2. The van der Waals surface area contributed by atoms with Gasteiger partial charge in [-0.3, -0.25) is 4.79 Å². The van der Waals surface area contributed by atoms with Crippen molar-refractivity contribution in [1.82, 2.24) is 4.90 Å². The Morgan fingerprint density at radius 1 is 1.43 bits per heavy atom. The molecule has 2 rings (SSSR count). The fourth-order valence-electron chi connectivity index (χ4n) is 3.21. The molecule has 1 aromatic rings. The minimum atomic E-state index is -0.898. The Bertz CT molecular complexity index is 758. The Morgan fingerprint density at radius 3 is 2.89 bits per heavy atom. The summed E-state index contributed by atoms with van der Waals surface area (Å²) in [6.07, 6.45) is 7.52. The highest BCUT2D eigenvalue weighted by Gasteiger charge is 2.28. The monoisotopic (exact) mass is 403 g/mol. The predicted octanol–water partition coefficient (Wildman–Crippen LogP) is 3.73. The molecule has 6 heteroatoms. The first-order chi connectivity index (χ1) is 13.4. The van der Waals surface area contributed by atoms with E-state index in [9.17, 15) is 14.7 Å². The summed E-state index contributed by atoms with van der Waals surface area (Å²) in [5.74, 6) is 5.39. The molecule has 0 radical (unpaired) electrons. The van der Waals surface area contributed by atoms with Crippen molar-refractivity contribution in [2.24, 2.45) is 5.92 Å². The maximum absolute atomic E-state index is 12.2. The average molecular weight is 404 g/mol. The molecule has 2 unspecified atom stereocenters. The summed E-state index contributed by atoms with van der Waals surface area (Å²) >= 11 is 1.29. The molecule has 2 heterocycles. The minimum Gasteiger partial charge on any atom is -0.477 e. The molecule has 1 fully saturated rings. The summed E-state index contributed by atoms with van der Waals surface area (Å²) in [7, 11) is 0. The lowest BCUT2D eigenvalue weighted by Gasteiger charge is -2.23. The lowest BCUT2D eigenvalue weighted by molar-refractivity contribution is -0.128. The number of carboxylic acids is 1. The van der Waals surface area contributed by atoms with Crippen LogP contribution in [0.15, 0.2) is 24.3 Å². The molecule has 2 N–H and O–H groups in total. The van der Waals surface area contributed by atoms with Gasteiger partial charge in [-0.1, -0.05) is 26.0 Å². The zero-order chi connectivity index (χ0) is 20.5. The van der Waals surface area contributed by atoms with Crippen molar-refractivity contribution in [3.63, 3.8) is 0 Å². The molecule has 28 heavy (non-hydrogen) atoms. The van der Waals surface area contributed by atoms with Gasteiger partial charge < -0.3 is 15.1 Å². The van der Waals surface area contributed by atoms with Crippen LogP contribution in [0.5, 0.6) is 0 Å². The molecular weight excluding hydrogens is 374 g/mol. The number of carboxylic acid groups (broad SMARTS) is 1. The van der Waals surface area contributed by atoms with Crippen molar-refractivity contribution < 1.29 is 19.8 Å². The van der Waals surface area contributed by atoms with Gasteiger partial charge in [-0.15, -0.1) is 23.2 Å². The van der Waals surface area contributed by atoms with Crippen LogP contribution in [-0.4, -0.2) is 45.7 Å². The molecule has 5 nitrogen and oxygen atoms in total. The van der Waals surface area contributed by atoms with Crippen molar-refractivity contribution in [3.8, 4) is 11.8 Å². The van der Waals surface area contributed by atoms with Crippen LogP contribution in [0.4, 0.5) is 0 Å². The van der Waals surface area contributed by atoms with Gasteiger partial charge in [0.25, 0.3) is 0 Å². The number of amides is 1. The minimum absolute atomic E-state index is 0.0222. The van der Waals surface area contributed by atoms with E-state index in [4.69, 9.17) is 5.11 Å². The highest BCUT2D eigenvalue weighted by molar-refractivity contribution is 7.13. The van der Waals surface area contributed by atoms with E-state index >= 15 is 0 Å². The summed E-state index contributed by atoms with van der Waals surface area (Å²) < 4.78 is 0. The van der Waals surface area contributed by atoms with Crippen LogP contribution in [0.25, 0.3) is 0 Å². The Kier molecular flexibility index (Phi) is 8.75. The fourth-order valence-corrected chi connectivity index (χ4v) is 4.10. The van der Waals surface area contributed by atoms with Crippen LogP contribution < -0.4 is 0 Å². The van der Waals surface area contributed by atoms with Gasteiger partial charge in [0.15, 0.2) is 0 Å². The summed E-state index contributed by atoms with van der Waals surface area (Å²) in [6, 6.07) is 3.49. The summed E-state index contributed by atoms with van der Waals surface area (Å²) in [5, 5.41) is 19.3. The van der Waals surface area contributed by atoms with Crippen LogP contribution in [0.2, 0.25) is 0 Å². The molecule has 0 saturated carbocycles. The van der Waals surface area contributed by atoms with Gasteiger partial charge in [-0.05, 0) is 37.3 Å². The van der Waals surface area contributed by atoms with Gasteiger partial charge in [0.05, 0.1) is 12.1 Å². The zero-order valence-corrected chi connectivity index (χ0v) is 17.4. The number of hydrogen-bond acceptors (Lipinski definition) is 4. The van der Waals surface area contributed by atoms with Crippen molar-refractivity contribution in [2.45, 2.75) is 64.5 Å². The molecule has 0 bridgehead atoms. The smallest absolute Gasteiger partial charge is 0.345 e. The summed E-state index contributed by atoms with van der Waals surface area (Å²) in [6.45, 7) is 4.62. The highest BCUT2D eigenvalue weighted by Crippen LogP contribution is 2.23. The number of rotatable bonds is 9. The molecule has 0 aliphatic carbocycles. The Balaban J connectivity index is 1.85. The largest absolute Gasteiger partial charge is 0.477 e. The number of aliphatic hydroxyl groups is 1. The van der Waals surface area contributed by atoms with E-state index in [1.54, 1.807) is 12.1 Å². The average Bonchev–Trinajstić information content (AvgIpc) is 3.27. The normalized spacial score (nSPS) is 18.9. The predicted molar refractivity (Wildman–Crippen MR) is 111 cm³/mol. The van der Waals surface area contributed by atoms with Crippen LogP contribution in [0.1, 0.15) is 60.5 Å². The number of aromatic carboxylic acids is 1. The molecule has 1 aliphatic heterocycles. The molecule has 1 aliphatic rings. The second-order valence-electron chi connectivity index (χ2n) is 7.13. The van der Waals surface area contributed by atoms with Crippen molar-refractivity contribution in [3.05, 3.63) is 34.0 Å². The Hall–Kier alpha value is -2.10. The van der Waals surface area contributed by atoms with E-state index in [2.05, 4.69) is 11.8 Å². The van der Waals surface area contributed by atoms with Crippen molar-refractivity contribution >= 4 is 23.2 Å². The number of carbonyl (C=O) groups excluding carboxylic acids is 1. The van der Waals surface area contributed by atoms with Crippen molar-refractivity contribution in [2.75, 3.05) is 6.54 Å². The van der Waals surface area contributed by atoms with E-state index in [1.165, 1.54) is 11.3 Å². The SMILES string of the molecule is CCC#CCC(C)C(O)/C=C/[C@H]1CCC(=O)N1CCCc1ccc(C(=O)O)s1. The molecule has 3 atom stereocenters. The first-order valence-electron chi connectivity index (χ1n) is 9.86. The molecule has 0 spiro atoms. The number of nitrogens with zero attached hydrogens (tertiary/aromatic N) is 1. The van der Waals surface area contributed by atoms with Crippen LogP contribution >= 0.6 is 11.3 Å². The molecule has 152 valence electrons. The number of aryl methyl sites for hydroxylation is 1. The molecule has 1 aromatic heterocycles. The second kappa shape index (κ2) is 11.0. The van der Waals surface area contributed by atoms with Gasteiger partial charge in [-0.25, -0.2) is 4.79 Å². The van der Waals surface area contributed by atoms with Crippen LogP contribution in [0, 0.1) is 17.8 Å². The van der Waals surface area contributed by atoms with Gasteiger partial charge in [-0.2, -0.15) is 0 Å². The van der Waals surface area contributed by atoms with E-state index in [0.29, 0.717) is 24.3 Å². The van der Waals surface area contributed by atoms with Crippen LogP contribution in [0.3, 0.4) is 0 Å². The summed E-state index contributed by atoms with van der Waals surface area (Å²) in [4.78, 5) is 26.4. The van der Waals surface area contributed by atoms with E-state index in [1.807, 2.05) is 30.9 Å². The first-order valence-corrected chi connectivity index (χ1v) is 10.7. The maximum Gasteiger partial charge on any atom is 0.345 e. The van der Waals surface area contributed by atoms with E-state index < -0.39 is 12.1 Å². The topological polar surface area (TPSA) is 77.8 Å². The molecular formula is C22H29NO4S.